The van der Waals surface area contributed by atoms with Crippen molar-refractivity contribution < 1.29 is 9.53 Å². The van der Waals surface area contributed by atoms with Crippen LogP contribution in [0.3, 0.4) is 0 Å². The van der Waals surface area contributed by atoms with Gasteiger partial charge < -0.3 is 9.72 Å². The van der Waals surface area contributed by atoms with Gasteiger partial charge in [-0.2, -0.15) is 4.98 Å². The first-order valence-corrected chi connectivity index (χ1v) is 5.53. The molecule has 0 aromatic carbocycles. The molecule has 0 saturated heterocycles. The number of rotatable bonds is 1. The Kier molecular flexibility index (Phi) is 2.90. The lowest BCUT2D eigenvalue weighted by Gasteiger charge is -2.19. The zero-order chi connectivity index (χ0) is 13.3. The zero-order valence-corrected chi connectivity index (χ0v) is 10.7. The lowest BCUT2D eigenvalue weighted by Crippen LogP contribution is -2.27. The third-order valence-electron chi connectivity index (χ3n) is 2.08. The molecule has 0 unspecified atom stereocenters. The summed E-state index contributed by atoms with van der Waals surface area (Å²) in [6.07, 6.45) is 0.945. The quantitative estimate of drug-likeness (QED) is 0.806. The number of nitrogens with one attached hydrogen (secondary N) is 2. The smallest absolute Gasteiger partial charge is 0.414 e. The van der Waals surface area contributed by atoms with Gasteiger partial charge in [-0.3, -0.25) is 5.32 Å². The van der Waals surface area contributed by atoms with Crippen LogP contribution in [0.1, 0.15) is 26.5 Å². The second kappa shape index (κ2) is 4.25. The van der Waals surface area contributed by atoms with Crippen molar-refractivity contribution in [1.82, 2.24) is 19.9 Å². The van der Waals surface area contributed by atoms with Crippen molar-refractivity contribution in [1.29, 1.82) is 0 Å². The van der Waals surface area contributed by atoms with Crippen molar-refractivity contribution in [2.24, 2.45) is 0 Å². The number of H-pyrrole nitrogens is 1. The molecule has 0 bridgehead atoms. The second-order valence-corrected chi connectivity index (χ2v) is 4.86. The zero-order valence-electron chi connectivity index (χ0n) is 10.7. The van der Waals surface area contributed by atoms with E-state index in [1.54, 1.807) is 20.8 Å². The number of hydrogen-bond donors (Lipinski definition) is 2. The van der Waals surface area contributed by atoms with E-state index in [9.17, 15) is 4.79 Å². The van der Waals surface area contributed by atoms with Crippen LogP contribution in [0.5, 0.6) is 0 Å². The van der Waals surface area contributed by atoms with Gasteiger partial charge in [0.25, 0.3) is 0 Å². The average Bonchev–Trinajstić information content (AvgIpc) is 2.62. The highest BCUT2D eigenvalue weighted by Gasteiger charge is 2.17. The minimum atomic E-state index is -0.586. The number of aromatic nitrogens is 4. The molecule has 2 aromatic heterocycles. The average molecular weight is 249 g/mol. The molecule has 0 spiro atoms. The fourth-order valence-electron chi connectivity index (χ4n) is 1.43. The van der Waals surface area contributed by atoms with Crippen LogP contribution >= 0.6 is 0 Å². The molecular weight excluding hydrogens is 234 g/mol. The maximum absolute atomic E-state index is 11.6. The summed E-state index contributed by atoms with van der Waals surface area (Å²) in [5, 5.41) is 2.48. The van der Waals surface area contributed by atoms with Gasteiger partial charge in [-0.1, -0.05) is 0 Å². The number of hydrogen-bond acceptors (Lipinski definition) is 5. The Labute approximate surface area is 104 Å². The fraction of sp³-hybridized carbons (Fsp3) is 0.455. The van der Waals surface area contributed by atoms with Crippen LogP contribution in [-0.4, -0.2) is 31.6 Å². The van der Waals surface area contributed by atoms with Crippen LogP contribution in [0.2, 0.25) is 0 Å². The normalized spacial score (nSPS) is 11.6. The molecule has 1 amide bonds. The topological polar surface area (TPSA) is 92.8 Å². The minimum Gasteiger partial charge on any atom is -0.444 e. The molecule has 0 aliphatic heterocycles. The van der Waals surface area contributed by atoms with Gasteiger partial charge in [0.1, 0.15) is 11.1 Å². The van der Waals surface area contributed by atoms with E-state index in [1.807, 2.05) is 6.92 Å². The molecule has 2 heterocycles. The molecule has 2 aromatic rings. The summed E-state index contributed by atoms with van der Waals surface area (Å²) in [5.74, 6) is 0.182. The Hall–Kier alpha value is -2.18. The van der Waals surface area contributed by atoms with Crippen LogP contribution in [0.15, 0.2) is 6.33 Å². The third-order valence-corrected chi connectivity index (χ3v) is 2.08. The van der Waals surface area contributed by atoms with Gasteiger partial charge >= 0.3 is 6.09 Å². The molecule has 7 nitrogen and oxygen atoms in total. The van der Waals surface area contributed by atoms with Crippen molar-refractivity contribution in [3.63, 3.8) is 0 Å². The van der Waals surface area contributed by atoms with Gasteiger partial charge in [-0.25, -0.2) is 14.8 Å². The number of carbonyl (C=O) groups excluding carboxylic acids is 1. The number of imidazole rings is 1. The van der Waals surface area contributed by atoms with Gasteiger partial charge in [0.15, 0.2) is 5.65 Å². The maximum Gasteiger partial charge on any atom is 0.414 e. The minimum absolute atomic E-state index is 0.182. The van der Waals surface area contributed by atoms with Crippen molar-refractivity contribution >= 4 is 23.2 Å². The maximum atomic E-state index is 11.6. The van der Waals surface area contributed by atoms with Crippen molar-refractivity contribution in [3.05, 3.63) is 12.0 Å². The highest BCUT2D eigenvalue weighted by Crippen LogP contribution is 2.14. The first-order valence-electron chi connectivity index (χ1n) is 5.53. The van der Waals surface area contributed by atoms with E-state index in [0.717, 1.165) is 5.52 Å². The number of carbonyl (C=O) groups is 1. The van der Waals surface area contributed by atoms with Crippen LogP contribution in [0.25, 0.3) is 11.2 Å². The summed E-state index contributed by atoms with van der Waals surface area (Å²) in [7, 11) is 0. The highest BCUT2D eigenvalue weighted by molar-refractivity contribution is 5.84. The molecule has 0 atom stereocenters. The fourth-order valence-corrected chi connectivity index (χ4v) is 1.43. The third kappa shape index (κ3) is 2.73. The van der Waals surface area contributed by atoms with Gasteiger partial charge in [0, 0.05) is 0 Å². The highest BCUT2D eigenvalue weighted by atomic mass is 16.6. The first-order chi connectivity index (χ1) is 8.35. The Balaban J connectivity index is 2.19. The number of aryl methyl sites for hydroxylation is 1. The lowest BCUT2D eigenvalue weighted by atomic mass is 10.2. The number of ether oxygens (including phenoxy) is 1. The molecule has 2 rings (SSSR count). The van der Waals surface area contributed by atoms with Crippen molar-refractivity contribution in [2.75, 3.05) is 5.32 Å². The Morgan fingerprint density at radius 1 is 1.39 bits per heavy atom. The molecule has 7 heteroatoms. The van der Waals surface area contributed by atoms with Gasteiger partial charge in [0.05, 0.1) is 12.0 Å². The molecule has 96 valence electrons. The summed E-state index contributed by atoms with van der Waals surface area (Å²) >= 11 is 0. The number of fused-ring (bicyclic) bond motifs is 1. The number of anilines is 1. The van der Waals surface area contributed by atoms with Crippen molar-refractivity contribution in [3.8, 4) is 0 Å². The summed E-state index contributed by atoms with van der Waals surface area (Å²) < 4.78 is 5.12. The number of nitrogens with zero attached hydrogens (tertiary/aromatic N) is 3. The van der Waals surface area contributed by atoms with Crippen molar-refractivity contribution in [2.45, 2.75) is 33.3 Å². The van der Waals surface area contributed by atoms with E-state index < -0.39 is 11.7 Å². The van der Waals surface area contributed by atoms with Crippen LogP contribution in [0.4, 0.5) is 10.7 Å². The largest absolute Gasteiger partial charge is 0.444 e. The summed E-state index contributed by atoms with van der Waals surface area (Å²) in [5.41, 5.74) is 1.41. The molecule has 18 heavy (non-hydrogen) atoms. The van der Waals surface area contributed by atoms with Gasteiger partial charge in [-0.15, -0.1) is 0 Å². The summed E-state index contributed by atoms with van der Waals surface area (Å²) in [4.78, 5) is 26.8. The monoisotopic (exact) mass is 249 g/mol. The van der Waals surface area contributed by atoms with E-state index >= 15 is 0 Å². The van der Waals surface area contributed by atoms with E-state index in [0.29, 0.717) is 11.3 Å². The molecule has 0 radical (unpaired) electrons. The molecule has 0 aliphatic carbocycles. The lowest BCUT2D eigenvalue weighted by molar-refractivity contribution is 0.0634. The Morgan fingerprint density at radius 2 is 2.11 bits per heavy atom. The van der Waals surface area contributed by atoms with E-state index in [2.05, 4.69) is 25.3 Å². The second-order valence-electron chi connectivity index (χ2n) is 4.86. The first kappa shape index (κ1) is 12.3. The number of aromatic amines is 1. The molecule has 0 aliphatic rings. The van der Waals surface area contributed by atoms with Gasteiger partial charge in [0.2, 0.25) is 5.95 Å². The summed E-state index contributed by atoms with van der Waals surface area (Å²) in [6, 6.07) is 0. The van der Waals surface area contributed by atoms with Crippen LogP contribution in [-0.2, 0) is 4.74 Å². The molecule has 0 saturated carbocycles. The van der Waals surface area contributed by atoms with E-state index in [4.69, 9.17) is 4.74 Å². The van der Waals surface area contributed by atoms with Gasteiger partial charge in [-0.05, 0) is 27.7 Å². The van der Waals surface area contributed by atoms with E-state index in [-0.39, 0.29) is 5.95 Å². The Morgan fingerprint density at radius 3 is 2.78 bits per heavy atom. The molecule has 2 N–H and O–H groups in total. The standard InChI is InChI=1S/C11H15N5O2/c1-6-7-8(13-5-12-7)15-9(14-6)16-10(17)18-11(2,3)4/h5H,1-4H3,(H2,12,13,14,15,16,17). The predicted octanol–water partition coefficient (Wildman–Crippen LogP) is 2.01. The van der Waals surface area contributed by atoms with Crippen LogP contribution < -0.4 is 5.32 Å². The molecule has 0 fully saturated rings. The number of amides is 1. The predicted molar refractivity (Wildman–Crippen MR) is 66.3 cm³/mol. The van der Waals surface area contributed by atoms with Crippen LogP contribution in [0, 0.1) is 6.92 Å². The van der Waals surface area contributed by atoms with E-state index in [1.165, 1.54) is 6.33 Å². The summed E-state index contributed by atoms with van der Waals surface area (Å²) in [6.45, 7) is 7.17. The SMILES string of the molecule is Cc1nc(NC(=O)OC(C)(C)C)nc2nc[nH]c12. The Bertz CT molecular complexity index is 585. The molecular formula is C11H15N5O2.